The van der Waals surface area contributed by atoms with Crippen molar-refractivity contribution in [2.24, 2.45) is 0 Å². The number of ether oxygens (including phenoxy) is 1. The molecule has 1 N–H and O–H groups in total. The minimum atomic E-state index is 0.711. The van der Waals surface area contributed by atoms with Crippen molar-refractivity contribution in [2.75, 3.05) is 13.2 Å². The lowest BCUT2D eigenvalue weighted by Crippen LogP contribution is -2.13. The second kappa shape index (κ2) is 7.91. The van der Waals surface area contributed by atoms with Gasteiger partial charge < -0.3 is 10.1 Å². The van der Waals surface area contributed by atoms with Crippen molar-refractivity contribution in [3.8, 4) is 5.75 Å². The zero-order valence-electron chi connectivity index (χ0n) is 11.0. The first-order valence-corrected chi connectivity index (χ1v) is 6.29. The molecule has 0 aliphatic rings. The summed E-state index contributed by atoms with van der Waals surface area (Å²) in [5.74, 6) is 0.936. The molecule has 0 unspecified atom stereocenters. The number of rotatable bonds is 8. The van der Waals surface area contributed by atoms with Crippen LogP contribution in [0.4, 0.5) is 0 Å². The largest absolute Gasteiger partial charge is 0.493 e. The number of hydrogen-bond donors (Lipinski definition) is 1. The van der Waals surface area contributed by atoms with Crippen LogP contribution in [0.3, 0.4) is 0 Å². The molecule has 0 saturated carbocycles. The SMILES string of the molecule is C=C(C)CCOc1ccc(CNCCC)cc1. The van der Waals surface area contributed by atoms with Gasteiger partial charge in [0.1, 0.15) is 5.75 Å². The first kappa shape index (κ1) is 13.8. The van der Waals surface area contributed by atoms with Crippen LogP contribution in [0.5, 0.6) is 5.75 Å². The van der Waals surface area contributed by atoms with Crippen LogP contribution in [-0.2, 0) is 6.54 Å². The fraction of sp³-hybridized carbons (Fsp3) is 0.467. The maximum atomic E-state index is 5.62. The van der Waals surface area contributed by atoms with E-state index in [0.717, 1.165) is 30.8 Å². The number of hydrogen-bond acceptors (Lipinski definition) is 2. The highest BCUT2D eigenvalue weighted by molar-refractivity contribution is 5.27. The fourth-order valence-electron chi connectivity index (χ4n) is 1.46. The summed E-state index contributed by atoms with van der Waals surface area (Å²) >= 11 is 0. The van der Waals surface area contributed by atoms with Crippen LogP contribution in [0.15, 0.2) is 36.4 Å². The summed E-state index contributed by atoms with van der Waals surface area (Å²) in [5.41, 5.74) is 2.45. The zero-order valence-corrected chi connectivity index (χ0v) is 11.0. The molecule has 17 heavy (non-hydrogen) atoms. The summed E-state index contributed by atoms with van der Waals surface area (Å²) in [7, 11) is 0. The van der Waals surface area contributed by atoms with Gasteiger partial charge in [-0.3, -0.25) is 0 Å². The summed E-state index contributed by atoms with van der Waals surface area (Å²) in [6.07, 6.45) is 2.09. The molecule has 0 spiro atoms. The lowest BCUT2D eigenvalue weighted by Gasteiger charge is -2.07. The predicted molar refractivity (Wildman–Crippen MR) is 73.4 cm³/mol. The normalized spacial score (nSPS) is 10.2. The smallest absolute Gasteiger partial charge is 0.119 e. The predicted octanol–water partition coefficient (Wildman–Crippen LogP) is 3.53. The van der Waals surface area contributed by atoms with E-state index in [2.05, 4.69) is 31.0 Å². The molecule has 2 nitrogen and oxygen atoms in total. The Labute approximate surface area is 105 Å². The summed E-state index contributed by atoms with van der Waals surface area (Å²) in [5, 5.41) is 3.38. The van der Waals surface area contributed by atoms with Crippen molar-refractivity contribution in [2.45, 2.75) is 33.2 Å². The minimum absolute atomic E-state index is 0.711. The van der Waals surface area contributed by atoms with Gasteiger partial charge in [0.25, 0.3) is 0 Å². The summed E-state index contributed by atoms with van der Waals surface area (Å²) < 4.78 is 5.62. The Morgan fingerprint density at radius 2 is 2.00 bits per heavy atom. The molecule has 0 bridgehead atoms. The maximum absolute atomic E-state index is 5.62. The number of benzene rings is 1. The Morgan fingerprint density at radius 1 is 1.29 bits per heavy atom. The molecule has 0 aliphatic carbocycles. The lowest BCUT2D eigenvalue weighted by molar-refractivity contribution is 0.321. The molecule has 0 aliphatic heterocycles. The average Bonchev–Trinajstić information content (AvgIpc) is 2.31. The van der Waals surface area contributed by atoms with Gasteiger partial charge in [0.05, 0.1) is 6.61 Å². The lowest BCUT2D eigenvalue weighted by atomic mass is 10.2. The van der Waals surface area contributed by atoms with Crippen LogP contribution in [-0.4, -0.2) is 13.2 Å². The van der Waals surface area contributed by atoms with Crippen LogP contribution in [0.25, 0.3) is 0 Å². The molecule has 1 aromatic carbocycles. The van der Waals surface area contributed by atoms with Crippen LogP contribution in [0.1, 0.15) is 32.3 Å². The van der Waals surface area contributed by atoms with Crippen molar-refractivity contribution >= 4 is 0 Å². The molecule has 0 atom stereocenters. The molecule has 0 heterocycles. The Kier molecular flexibility index (Phi) is 6.41. The van der Waals surface area contributed by atoms with E-state index in [9.17, 15) is 0 Å². The van der Waals surface area contributed by atoms with Crippen LogP contribution in [0.2, 0.25) is 0 Å². The Hall–Kier alpha value is -1.28. The third-order valence-electron chi connectivity index (χ3n) is 2.48. The van der Waals surface area contributed by atoms with E-state index in [1.54, 1.807) is 0 Å². The van der Waals surface area contributed by atoms with Crippen LogP contribution < -0.4 is 10.1 Å². The van der Waals surface area contributed by atoms with Crippen LogP contribution in [0, 0.1) is 0 Å². The van der Waals surface area contributed by atoms with Crippen molar-refractivity contribution in [1.29, 1.82) is 0 Å². The van der Waals surface area contributed by atoms with E-state index in [4.69, 9.17) is 4.74 Å². The second-order valence-corrected chi connectivity index (χ2v) is 4.38. The molecule has 0 amide bonds. The van der Waals surface area contributed by atoms with Crippen molar-refractivity contribution in [3.05, 3.63) is 42.0 Å². The summed E-state index contributed by atoms with van der Waals surface area (Å²) in [4.78, 5) is 0. The molecule has 1 rings (SSSR count). The fourth-order valence-corrected chi connectivity index (χ4v) is 1.46. The highest BCUT2D eigenvalue weighted by Crippen LogP contribution is 2.12. The Morgan fingerprint density at radius 3 is 2.59 bits per heavy atom. The van der Waals surface area contributed by atoms with E-state index < -0.39 is 0 Å². The van der Waals surface area contributed by atoms with Gasteiger partial charge in [0.2, 0.25) is 0 Å². The molecule has 0 radical (unpaired) electrons. The molecule has 0 saturated heterocycles. The first-order chi connectivity index (χ1) is 8.22. The van der Waals surface area contributed by atoms with Gasteiger partial charge in [0, 0.05) is 13.0 Å². The van der Waals surface area contributed by atoms with E-state index in [-0.39, 0.29) is 0 Å². The van der Waals surface area contributed by atoms with Gasteiger partial charge in [-0.25, -0.2) is 0 Å². The number of nitrogens with one attached hydrogen (secondary N) is 1. The Balaban J connectivity index is 2.31. The Bertz CT molecular complexity index is 329. The highest BCUT2D eigenvalue weighted by Gasteiger charge is 1.95. The first-order valence-electron chi connectivity index (χ1n) is 6.29. The van der Waals surface area contributed by atoms with Crippen molar-refractivity contribution < 1.29 is 4.74 Å². The second-order valence-electron chi connectivity index (χ2n) is 4.38. The molecule has 1 aromatic rings. The van der Waals surface area contributed by atoms with E-state index in [1.807, 2.05) is 19.1 Å². The zero-order chi connectivity index (χ0) is 12.5. The minimum Gasteiger partial charge on any atom is -0.493 e. The van der Waals surface area contributed by atoms with E-state index in [0.29, 0.717) is 6.61 Å². The molecular weight excluding hydrogens is 210 g/mol. The summed E-state index contributed by atoms with van der Waals surface area (Å²) in [6.45, 7) is 10.8. The van der Waals surface area contributed by atoms with Gasteiger partial charge in [0.15, 0.2) is 0 Å². The third-order valence-corrected chi connectivity index (χ3v) is 2.48. The van der Waals surface area contributed by atoms with Gasteiger partial charge >= 0.3 is 0 Å². The van der Waals surface area contributed by atoms with Gasteiger partial charge in [-0.05, 0) is 37.6 Å². The third kappa shape index (κ3) is 6.12. The summed E-state index contributed by atoms with van der Waals surface area (Å²) in [6, 6.07) is 8.28. The molecule has 2 heteroatoms. The van der Waals surface area contributed by atoms with E-state index >= 15 is 0 Å². The van der Waals surface area contributed by atoms with Gasteiger partial charge in [-0.1, -0.05) is 24.6 Å². The van der Waals surface area contributed by atoms with Gasteiger partial charge in [-0.15, -0.1) is 6.58 Å². The van der Waals surface area contributed by atoms with E-state index in [1.165, 1.54) is 12.0 Å². The molecule has 0 fully saturated rings. The average molecular weight is 233 g/mol. The van der Waals surface area contributed by atoms with Crippen LogP contribution >= 0.6 is 0 Å². The molecule has 0 aromatic heterocycles. The van der Waals surface area contributed by atoms with Crippen molar-refractivity contribution in [1.82, 2.24) is 5.32 Å². The van der Waals surface area contributed by atoms with Crippen molar-refractivity contribution in [3.63, 3.8) is 0 Å². The topological polar surface area (TPSA) is 21.3 Å². The molecular formula is C15H23NO. The van der Waals surface area contributed by atoms with Gasteiger partial charge in [-0.2, -0.15) is 0 Å². The monoisotopic (exact) mass is 233 g/mol. The maximum Gasteiger partial charge on any atom is 0.119 e. The quantitative estimate of drug-likeness (QED) is 0.548. The highest BCUT2D eigenvalue weighted by atomic mass is 16.5. The molecule has 94 valence electrons. The standard InChI is InChI=1S/C15H23NO/c1-4-10-16-12-14-5-7-15(8-6-14)17-11-9-13(2)3/h5-8,16H,2,4,9-12H2,1,3H3.